The summed E-state index contributed by atoms with van der Waals surface area (Å²) >= 11 is 24.9. The molecule has 3 nitrogen and oxygen atoms in total. The topological polar surface area (TPSA) is 32.3 Å². The van der Waals surface area contributed by atoms with Gasteiger partial charge in [-0.05, 0) is 68.9 Å². The van der Waals surface area contributed by atoms with Crippen LogP contribution in [0.2, 0.25) is 0 Å². The second-order valence-electron chi connectivity index (χ2n) is 7.20. The molecule has 5 atom stereocenters. The van der Waals surface area contributed by atoms with Crippen LogP contribution in [0.15, 0.2) is 0 Å². The summed E-state index contributed by atoms with van der Waals surface area (Å²) in [5, 5.41) is 2.42. The predicted octanol–water partition coefficient (Wildman–Crippen LogP) is 4.26. The number of carbonyl (C=O) groups excluding carboxylic acids is 1. The first-order valence-corrected chi connectivity index (χ1v) is 10.3. The van der Waals surface area contributed by atoms with Crippen molar-refractivity contribution in [3.8, 4) is 0 Å². The van der Waals surface area contributed by atoms with Gasteiger partial charge in [0.2, 0.25) is 5.24 Å². The van der Waals surface area contributed by atoms with Crippen molar-refractivity contribution < 1.29 is 4.79 Å². The minimum atomic E-state index is -0.305. The fourth-order valence-electron chi connectivity index (χ4n) is 4.42. The van der Waals surface area contributed by atoms with Crippen molar-refractivity contribution in [3.63, 3.8) is 0 Å². The molecule has 0 amide bonds. The largest absolute Gasteiger partial charge is 0.279 e. The molecule has 23 heavy (non-hydrogen) atoms. The molecule has 0 aromatic heterocycles. The second-order valence-corrected chi connectivity index (χ2v) is 9.37. The van der Waals surface area contributed by atoms with E-state index in [0.717, 1.165) is 51.4 Å². The van der Waals surface area contributed by atoms with Gasteiger partial charge in [0.05, 0.1) is 11.4 Å². The van der Waals surface area contributed by atoms with E-state index in [1.54, 1.807) is 0 Å². The standard InChI is InChI=1S/C16H24Cl4N2O/c17-10-3-1-9(2-4-10)15-8-13(16(20)23)21-22(15)14-6-5-11(18)7-12(14)19/h9-15,21H,1-8H2. The van der Waals surface area contributed by atoms with Crippen molar-refractivity contribution in [2.75, 3.05) is 0 Å². The lowest BCUT2D eigenvalue weighted by Crippen LogP contribution is -2.55. The molecule has 2 aliphatic carbocycles. The Kier molecular flexibility index (Phi) is 6.42. The average molecular weight is 402 g/mol. The third-order valence-corrected chi connectivity index (χ3v) is 7.26. The molecule has 1 saturated heterocycles. The van der Waals surface area contributed by atoms with E-state index in [2.05, 4.69) is 10.4 Å². The minimum Gasteiger partial charge on any atom is -0.279 e. The molecule has 1 aliphatic heterocycles. The number of halogens is 4. The molecular formula is C16H24Cl4N2O. The van der Waals surface area contributed by atoms with Gasteiger partial charge >= 0.3 is 0 Å². The Morgan fingerprint density at radius 1 is 0.870 bits per heavy atom. The zero-order valence-electron chi connectivity index (χ0n) is 13.1. The van der Waals surface area contributed by atoms with Gasteiger partial charge in [-0.1, -0.05) is 0 Å². The molecule has 3 aliphatic rings. The van der Waals surface area contributed by atoms with Gasteiger partial charge in [0.1, 0.15) is 0 Å². The molecule has 3 rings (SSSR count). The molecule has 1 N–H and O–H groups in total. The van der Waals surface area contributed by atoms with E-state index >= 15 is 0 Å². The maximum atomic E-state index is 11.7. The summed E-state index contributed by atoms with van der Waals surface area (Å²) in [4.78, 5) is 11.7. The molecule has 7 heteroatoms. The summed E-state index contributed by atoms with van der Waals surface area (Å²) in [5.41, 5.74) is 3.36. The van der Waals surface area contributed by atoms with Crippen LogP contribution >= 0.6 is 46.4 Å². The maximum Gasteiger partial charge on any atom is 0.240 e. The molecule has 5 unspecified atom stereocenters. The zero-order chi connectivity index (χ0) is 16.6. The van der Waals surface area contributed by atoms with E-state index in [-0.39, 0.29) is 28.1 Å². The Hall–Kier alpha value is 0.750. The van der Waals surface area contributed by atoms with Gasteiger partial charge < -0.3 is 0 Å². The average Bonchev–Trinajstić information content (AvgIpc) is 2.93. The fraction of sp³-hybridized carbons (Fsp3) is 0.938. The normalized spacial score (nSPS) is 46.0. The van der Waals surface area contributed by atoms with E-state index in [0.29, 0.717) is 17.3 Å². The van der Waals surface area contributed by atoms with Crippen molar-refractivity contribution in [2.24, 2.45) is 5.92 Å². The highest BCUT2D eigenvalue weighted by Gasteiger charge is 2.45. The zero-order valence-corrected chi connectivity index (χ0v) is 16.1. The highest BCUT2D eigenvalue weighted by Crippen LogP contribution is 2.39. The number of rotatable bonds is 3. The first-order valence-electron chi connectivity index (χ1n) is 8.61. The molecule has 0 aromatic rings. The summed E-state index contributed by atoms with van der Waals surface area (Å²) in [6.07, 6.45) is 7.82. The lowest BCUT2D eigenvalue weighted by atomic mass is 9.81. The number of nitrogens with one attached hydrogen (secondary N) is 1. The monoisotopic (exact) mass is 400 g/mol. The summed E-state index contributed by atoms with van der Waals surface area (Å²) in [6.45, 7) is 0. The molecule has 0 spiro atoms. The predicted molar refractivity (Wildman–Crippen MR) is 96.5 cm³/mol. The van der Waals surface area contributed by atoms with Crippen molar-refractivity contribution >= 4 is 51.6 Å². The fourth-order valence-corrected chi connectivity index (χ4v) is 5.68. The number of carbonyl (C=O) groups is 1. The molecule has 0 bridgehead atoms. The van der Waals surface area contributed by atoms with Crippen LogP contribution in [-0.2, 0) is 4.79 Å². The third-order valence-electron chi connectivity index (χ3n) is 5.69. The van der Waals surface area contributed by atoms with Crippen LogP contribution in [0, 0.1) is 5.92 Å². The smallest absolute Gasteiger partial charge is 0.240 e. The quantitative estimate of drug-likeness (QED) is 0.566. The molecule has 0 aromatic carbocycles. The van der Waals surface area contributed by atoms with Crippen LogP contribution in [0.3, 0.4) is 0 Å². The highest BCUT2D eigenvalue weighted by molar-refractivity contribution is 6.64. The van der Waals surface area contributed by atoms with Crippen molar-refractivity contribution in [3.05, 3.63) is 0 Å². The van der Waals surface area contributed by atoms with E-state index in [1.807, 2.05) is 0 Å². The molecule has 3 fully saturated rings. The number of hydrogen-bond donors (Lipinski definition) is 1. The van der Waals surface area contributed by atoms with Gasteiger partial charge in [-0.15, -0.1) is 34.8 Å². The number of hydrazine groups is 1. The number of nitrogens with zero attached hydrogens (tertiary/aromatic N) is 1. The van der Waals surface area contributed by atoms with Crippen LogP contribution < -0.4 is 5.43 Å². The van der Waals surface area contributed by atoms with Crippen LogP contribution in [0.1, 0.15) is 51.4 Å². The number of alkyl halides is 3. The SMILES string of the molecule is O=C(Cl)C1CC(C2CCC(Cl)CC2)N(C2CCC(Cl)CC2Cl)N1. The Morgan fingerprint density at radius 2 is 1.52 bits per heavy atom. The maximum absolute atomic E-state index is 11.7. The Morgan fingerprint density at radius 3 is 2.13 bits per heavy atom. The van der Waals surface area contributed by atoms with Gasteiger partial charge in [0.25, 0.3) is 0 Å². The lowest BCUT2D eigenvalue weighted by molar-refractivity contribution is -0.113. The minimum absolute atomic E-state index is 0.00907. The van der Waals surface area contributed by atoms with Crippen molar-refractivity contribution in [1.82, 2.24) is 10.4 Å². The first kappa shape index (κ1) is 18.5. The summed E-state index contributed by atoms with van der Waals surface area (Å²) in [5.74, 6) is 0.552. The molecule has 132 valence electrons. The summed E-state index contributed by atoms with van der Waals surface area (Å²) in [6, 6.07) is 0.226. The van der Waals surface area contributed by atoms with Crippen LogP contribution in [0.5, 0.6) is 0 Å². The van der Waals surface area contributed by atoms with Crippen LogP contribution in [0.25, 0.3) is 0 Å². The summed E-state index contributed by atoms with van der Waals surface area (Å²) in [7, 11) is 0. The van der Waals surface area contributed by atoms with Crippen LogP contribution in [0.4, 0.5) is 0 Å². The van der Waals surface area contributed by atoms with Gasteiger partial charge in [-0.25, -0.2) is 10.4 Å². The summed E-state index contributed by atoms with van der Waals surface area (Å²) < 4.78 is 0. The highest BCUT2D eigenvalue weighted by atomic mass is 35.5. The van der Waals surface area contributed by atoms with Gasteiger partial charge in [-0.3, -0.25) is 4.79 Å². The van der Waals surface area contributed by atoms with E-state index in [4.69, 9.17) is 46.4 Å². The van der Waals surface area contributed by atoms with Crippen LogP contribution in [-0.4, -0.2) is 44.5 Å². The van der Waals surface area contributed by atoms with Gasteiger partial charge in [0, 0.05) is 22.8 Å². The molecule has 2 saturated carbocycles. The van der Waals surface area contributed by atoms with Crippen molar-refractivity contribution in [2.45, 2.75) is 85.6 Å². The van der Waals surface area contributed by atoms with E-state index < -0.39 is 0 Å². The number of hydrogen-bond acceptors (Lipinski definition) is 3. The van der Waals surface area contributed by atoms with Crippen molar-refractivity contribution in [1.29, 1.82) is 0 Å². The van der Waals surface area contributed by atoms with E-state index in [9.17, 15) is 4.79 Å². The van der Waals surface area contributed by atoms with Gasteiger partial charge in [0.15, 0.2) is 0 Å². The molecular weight excluding hydrogens is 378 g/mol. The first-order chi connectivity index (χ1) is 11.0. The second kappa shape index (κ2) is 7.97. The lowest BCUT2D eigenvalue weighted by Gasteiger charge is -2.42. The Balaban J connectivity index is 1.73. The third kappa shape index (κ3) is 4.30. The van der Waals surface area contributed by atoms with Gasteiger partial charge in [-0.2, -0.15) is 0 Å². The molecule has 1 heterocycles. The Bertz CT molecular complexity index is 430. The Labute approximate surface area is 158 Å². The van der Waals surface area contributed by atoms with E-state index in [1.165, 1.54) is 0 Å². The molecule has 0 radical (unpaired) electrons.